The van der Waals surface area contributed by atoms with Crippen molar-refractivity contribution in [2.24, 2.45) is 10.2 Å². The molecule has 0 bridgehead atoms. The van der Waals surface area contributed by atoms with Gasteiger partial charge in [-0.25, -0.2) is 0 Å². The average molecular weight is 445 g/mol. The Morgan fingerprint density at radius 1 is 0.900 bits per heavy atom. The molecule has 1 fully saturated rings. The topological polar surface area (TPSA) is 49.9 Å². The fraction of sp³-hybridized carbons (Fsp3) is 0.263. The molecule has 1 saturated heterocycles. The van der Waals surface area contributed by atoms with Crippen molar-refractivity contribution in [3.8, 4) is 5.88 Å². The lowest BCUT2D eigenvalue weighted by molar-refractivity contribution is -0.138. The van der Waals surface area contributed by atoms with Crippen LogP contribution in [0, 0.1) is 0 Å². The molecule has 0 radical (unpaired) electrons. The summed E-state index contributed by atoms with van der Waals surface area (Å²) in [4.78, 5) is 0. The van der Waals surface area contributed by atoms with Gasteiger partial charge in [-0.3, -0.25) is 0 Å². The minimum atomic E-state index is -4.60. The molecule has 0 spiro atoms. The van der Waals surface area contributed by atoms with E-state index in [0.29, 0.717) is 17.0 Å². The van der Waals surface area contributed by atoms with Gasteiger partial charge in [0.1, 0.15) is 0 Å². The Balaban J connectivity index is 1.83. The van der Waals surface area contributed by atoms with Crippen LogP contribution in [0.3, 0.4) is 0 Å². The van der Waals surface area contributed by atoms with Crippen molar-refractivity contribution < 1.29 is 31.4 Å². The third-order valence-corrected chi connectivity index (χ3v) is 5.94. The van der Waals surface area contributed by atoms with Crippen LogP contribution in [0.5, 0.6) is 5.88 Å². The number of aromatic nitrogens is 1. The molecular formula is C19H13F6N3OS. The lowest BCUT2D eigenvalue weighted by atomic mass is 10.1. The second kappa shape index (κ2) is 7.22. The maximum atomic E-state index is 13.2. The van der Waals surface area contributed by atoms with Gasteiger partial charge in [-0.2, -0.15) is 43.2 Å². The maximum Gasteiger partial charge on any atom is 0.416 e. The number of nitrogens with zero attached hydrogens (tertiary/aromatic N) is 3. The number of hydrogen-bond acceptors (Lipinski definition) is 4. The monoisotopic (exact) mass is 445 g/mol. The number of azo groups is 1. The molecule has 0 unspecified atom stereocenters. The Kier molecular flexibility index (Phi) is 4.95. The van der Waals surface area contributed by atoms with E-state index in [1.165, 1.54) is 16.7 Å². The van der Waals surface area contributed by atoms with E-state index in [2.05, 4.69) is 10.2 Å². The van der Waals surface area contributed by atoms with E-state index in [0.717, 1.165) is 30.3 Å². The molecule has 0 atom stereocenters. The Bertz CT molecular complexity index is 1130. The van der Waals surface area contributed by atoms with Gasteiger partial charge in [0.05, 0.1) is 28.4 Å². The highest BCUT2D eigenvalue weighted by atomic mass is 32.2. The number of rotatable bonds is 3. The van der Waals surface area contributed by atoms with E-state index in [1.807, 2.05) is 0 Å². The molecule has 3 aromatic rings. The van der Waals surface area contributed by atoms with Gasteiger partial charge in [0.25, 0.3) is 0 Å². The second-order valence-electron chi connectivity index (χ2n) is 6.71. The zero-order chi connectivity index (χ0) is 21.7. The molecule has 1 aromatic heterocycles. The van der Waals surface area contributed by atoms with E-state index in [-0.39, 0.29) is 28.7 Å². The van der Waals surface area contributed by atoms with Gasteiger partial charge in [-0.05, 0) is 36.4 Å². The molecule has 0 amide bonds. The van der Waals surface area contributed by atoms with Crippen LogP contribution in [0.2, 0.25) is 0 Å². The molecule has 1 aliphatic heterocycles. The van der Waals surface area contributed by atoms with Crippen molar-refractivity contribution in [1.82, 2.24) is 4.57 Å². The third-order valence-electron chi connectivity index (χ3n) is 4.70. The Morgan fingerprint density at radius 2 is 1.57 bits per heavy atom. The van der Waals surface area contributed by atoms with Crippen LogP contribution >= 0.6 is 11.8 Å². The molecular weight excluding hydrogens is 432 g/mol. The van der Waals surface area contributed by atoms with Crippen molar-refractivity contribution in [3.63, 3.8) is 0 Å². The molecule has 11 heteroatoms. The molecule has 158 valence electrons. The Labute approximate surface area is 170 Å². The van der Waals surface area contributed by atoms with Gasteiger partial charge in [0.2, 0.25) is 5.88 Å². The molecule has 0 aliphatic carbocycles. The minimum Gasteiger partial charge on any atom is -0.493 e. The molecule has 2 heterocycles. The summed E-state index contributed by atoms with van der Waals surface area (Å²) < 4.78 is 79.6. The summed E-state index contributed by atoms with van der Waals surface area (Å²) in [6, 6.07) is 6.97. The molecule has 0 saturated carbocycles. The van der Waals surface area contributed by atoms with Crippen molar-refractivity contribution in [2.75, 3.05) is 11.5 Å². The highest BCUT2D eigenvalue weighted by Gasteiger charge is 2.33. The quantitative estimate of drug-likeness (QED) is 0.346. The van der Waals surface area contributed by atoms with E-state index in [1.54, 1.807) is 11.8 Å². The third kappa shape index (κ3) is 3.73. The standard InChI is InChI=1S/C19H13F6N3OS/c20-18(21,22)10-2-1-3-12(6-10)26-27-16-14-7-11(19(23,24)25)4-5-15(14)28(17(16)29)13-8-30-9-13/h1-7,13,29H,8-9H2. The molecule has 1 aliphatic rings. The fourth-order valence-electron chi connectivity index (χ4n) is 3.15. The first-order chi connectivity index (χ1) is 14.1. The summed E-state index contributed by atoms with van der Waals surface area (Å²) in [5.74, 6) is 0.968. The lowest BCUT2D eigenvalue weighted by Gasteiger charge is -2.27. The largest absolute Gasteiger partial charge is 0.493 e. The summed E-state index contributed by atoms with van der Waals surface area (Å²) in [5.41, 5.74) is -1.87. The number of hydrogen-bond donors (Lipinski definition) is 1. The number of benzene rings is 2. The summed E-state index contributed by atoms with van der Waals surface area (Å²) in [5, 5.41) is 18.2. The number of halogens is 6. The van der Waals surface area contributed by atoms with Crippen molar-refractivity contribution in [3.05, 3.63) is 53.6 Å². The zero-order valence-corrected chi connectivity index (χ0v) is 15.8. The molecule has 2 aromatic carbocycles. The molecule has 1 N–H and O–H groups in total. The SMILES string of the molecule is Oc1c(N=Nc2cccc(C(F)(F)F)c2)c2cc(C(F)(F)F)ccc2n1C1CSC1. The maximum absolute atomic E-state index is 13.2. The van der Waals surface area contributed by atoms with Crippen LogP contribution in [0.4, 0.5) is 37.7 Å². The second-order valence-corrected chi connectivity index (χ2v) is 7.79. The van der Waals surface area contributed by atoms with E-state index < -0.39 is 23.5 Å². The van der Waals surface area contributed by atoms with Gasteiger partial charge in [-0.1, -0.05) is 6.07 Å². The van der Waals surface area contributed by atoms with Crippen LogP contribution in [0.15, 0.2) is 52.7 Å². The molecule has 30 heavy (non-hydrogen) atoms. The van der Waals surface area contributed by atoms with E-state index in [4.69, 9.17) is 0 Å². The van der Waals surface area contributed by atoms with Crippen LogP contribution < -0.4 is 0 Å². The summed E-state index contributed by atoms with van der Waals surface area (Å²) in [7, 11) is 0. The predicted molar refractivity (Wildman–Crippen MR) is 101 cm³/mol. The number of aromatic hydroxyl groups is 1. The molecule has 4 rings (SSSR count). The highest BCUT2D eigenvalue weighted by molar-refractivity contribution is 8.00. The van der Waals surface area contributed by atoms with E-state index in [9.17, 15) is 31.4 Å². The Hall–Kier alpha value is -2.69. The Morgan fingerprint density at radius 3 is 2.17 bits per heavy atom. The van der Waals surface area contributed by atoms with Gasteiger partial charge < -0.3 is 9.67 Å². The number of fused-ring (bicyclic) bond motifs is 1. The number of thioether (sulfide) groups is 1. The molecule has 4 nitrogen and oxygen atoms in total. The zero-order valence-electron chi connectivity index (χ0n) is 15.0. The average Bonchev–Trinajstić information content (AvgIpc) is 2.89. The lowest BCUT2D eigenvalue weighted by Crippen LogP contribution is -2.22. The van der Waals surface area contributed by atoms with Crippen molar-refractivity contribution in [2.45, 2.75) is 18.4 Å². The normalized spacial score (nSPS) is 15.8. The van der Waals surface area contributed by atoms with Crippen LogP contribution in [-0.4, -0.2) is 21.2 Å². The fourth-order valence-corrected chi connectivity index (χ4v) is 3.90. The smallest absolute Gasteiger partial charge is 0.416 e. The van der Waals surface area contributed by atoms with Crippen LogP contribution in [0.1, 0.15) is 17.2 Å². The van der Waals surface area contributed by atoms with Gasteiger partial charge in [-0.15, -0.1) is 5.11 Å². The van der Waals surface area contributed by atoms with Crippen molar-refractivity contribution in [1.29, 1.82) is 0 Å². The van der Waals surface area contributed by atoms with Gasteiger partial charge in [0, 0.05) is 16.9 Å². The first-order valence-electron chi connectivity index (χ1n) is 8.66. The predicted octanol–water partition coefficient (Wildman–Crippen LogP) is 7.09. The van der Waals surface area contributed by atoms with E-state index >= 15 is 0 Å². The van der Waals surface area contributed by atoms with Gasteiger partial charge in [0.15, 0.2) is 5.69 Å². The van der Waals surface area contributed by atoms with Crippen LogP contribution in [-0.2, 0) is 12.4 Å². The van der Waals surface area contributed by atoms with Crippen molar-refractivity contribution >= 4 is 34.0 Å². The first kappa shape index (κ1) is 20.6. The summed E-state index contributed by atoms with van der Waals surface area (Å²) in [6.07, 6.45) is -9.18. The summed E-state index contributed by atoms with van der Waals surface area (Å²) >= 11 is 1.62. The first-order valence-corrected chi connectivity index (χ1v) is 9.82. The summed E-state index contributed by atoms with van der Waals surface area (Å²) in [6.45, 7) is 0. The van der Waals surface area contributed by atoms with Crippen LogP contribution in [0.25, 0.3) is 10.9 Å². The highest BCUT2D eigenvalue weighted by Crippen LogP contribution is 2.46. The van der Waals surface area contributed by atoms with Gasteiger partial charge >= 0.3 is 12.4 Å². The minimum absolute atomic E-state index is 0.0231. The number of alkyl halides is 6.